The molecule has 5 nitrogen and oxygen atoms in total. The number of allylic oxidation sites excluding steroid dienone is 1. The number of urea groups is 1. The maximum Gasteiger partial charge on any atom is 0.337 e. The molecule has 1 aliphatic rings. The average molecular weight is 343 g/mol. The normalized spacial score (nSPS) is 18.4. The summed E-state index contributed by atoms with van der Waals surface area (Å²) < 4.78 is 19.3. The lowest BCUT2D eigenvalue weighted by molar-refractivity contribution is -0.136. The third kappa shape index (κ3) is 2.67. The minimum absolute atomic E-state index is 0.174. The van der Waals surface area contributed by atoms with Crippen molar-refractivity contribution in [2.24, 2.45) is 0 Å². The Morgan fingerprint density at radius 1 is 1.45 bits per heavy atom. The zero-order chi connectivity index (χ0) is 14.9. The number of methoxy groups -OCH3 is 1. The van der Waals surface area contributed by atoms with Crippen LogP contribution in [0.25, 0.3) is 0 Å². The predicted octanol–water partition coefficient (Wildman–Crippen LogP) is 2.39. The van der Waals surface area contributed by atoms with Gasteiger partial charge in [0.25, 0.3) is 0 Å². The molecule has 7 heteroatoms. The third-order valence-corrected chi connectivity index (χ3v) is 3.44. The van der Waals surface area contributed by atoms with Gasteiger partial charge < -0.3 is 15.4 Å². The third-order valence-electron chi connectivity index (χ3n) is 2.95. The highest BCUT2D eigenvalue weighted by Crippen LogP contribution is 2.30. The predicted molar refractivity (Wildman–Crippen MR) is 73.2 cm³/mol. The highest BCUT2D eigenvalue weighted by molar-refractivity contribution is 9.10. The smallest absolute Gasteiger partial charge is 0.337 e. The molecule has 0 aliphatic carbocycles. The first-order valence-corrected chi connectivity index (χ1v) is 6.55. The van der Waals surface area contributed by atoms with Crippen molar-refractivity contribution in [2.75, 3.05) is 7.11 Å². The molecule has 0 fully saturated rings. The van der Waals surface area contributed by atoms with Gasteiger partial charge in [0.05, 0.1) is 18.7 Å². The van der Waals surface area contributed by atoms with Gasteiger partial charge in [-0.15, -0.1) is 0 Å². The van der Waals surface area contributed by atoms with Gasteiger partial charge in [-0.05, 0) is 19.1 Å². The first kappa shape index (κ1) is 14.5. The second-order valence-corrected chi connectivity index (χ2v) is 5.14. The highest BCUT2D eigenvalue weighted by Gasteiger charge is 2.33. The molecule has 0 saturated carbocycles. The number of rotatable bonds is 2. The van der Waals surface area contributed by atoms with Crippen molar-refractivity contribution < 1.29 is 18.7 Å². The Hall–Kier alpha value is -1.89. The van der Waals surface area contributed by atoms with Crippen molar-refractivity contribution in [3.8, 4) is 0 Å². The summed E-state index contributed by atoms with van der Waals surface area (Å²) in [6.45, 7) is 1.56. The maximum atomic E-state index is 14.1. The van der Waals surface area contributed by atoms with E-state index in [1.165, 1.54) is 19.2 Å². The van der Waals surface area contributed by atoms with E-state index >= 15 is 0 Å². The molecule has 0 saturated heterocycles. The molecule has 1 heterocycles. The maximum absolute atomic E-state index is 14.1. The molecule has 0 aromatic heterocycles. The Morgan fingerprint density at radius 3 is 2.75 bits per heavy atom. The summed E-state index contributed by atoms with van der Waals surface area (Å²) in [5.74, 6) is -1.15. The van der Waals surface area contributed by atoms with Crippen LogP contribution in [0.15, 0.2) is 33.9 Å². The van der Waals surface area contributed by atoms with Crippen molar-refractivity contribution in [3.05, 3.63) is 45.3 Å². The molecule has 1 atom stereocenters. The van der Waals surface area contributed by atoms with Crippen molar-refractivity contribution >= 4 is 27.9 Å². The van der Waals surface area contributed by atoms with E-state index in [9.17, 15) is 14.0 Å². The van der Waals surface area contributed by atoms with Crippen molar-refractivity contribution in [1.29, 1.82) is 0 Å². The van der Waals surface area contributed by atoms with Gasteiger partial charge in [-0.3, -0.25) is 0 Å². The van der Waals surface area contributed by atoms with Gasteiger partial charge >= 0.3 is 12.0 Å². The first-order chi connectivity index (χ1) is 9.43. The summed E-state index contributed by atoms with van der Waals surface area (Å²) in [5.41, 5.74) is 0.712. The molecule has 0 spiro atoms. The fraction of sp³-hybridized carbons (Fsp3) is 0.231. The molecule has 1 aliphatic heterocycles. The minimum atomic E-state index is -0.885. The number of carbonyl (C=O) groups excluding carboxylic acids is 2. The standard InChI is InChI=1S/C13H12BrFN2O3/c1-6-10(12(18)20-2)11(17-13(19)16-6)8-4-3-7(14)5-9(8)15/h3-5,11H,1-2H3,(H2,16,17,19)/t11-/m0/s1. The molecule has 1 aromatic carbocycles. The van der Waals surface area contributed by atoms with E-state index in [2.05, 4.69) is 26.6 Å². The molecule has 1 aromatic rings. The number of ether oxygens (including phenoxy) is 1. The van der Waals surface area contributed by atoms with E-state index in [-0.39, 0.29) is 11.1 Å². The zero-order valence-corrected chi connectivity index (χ0v) is 12.4. The van der Waals surface area contributed by atoms with Crippen LogP contribution >= 0.6 is 15.9 Å². The molecule has 2 rings (SSSR count). The SMILES string of the molecule is COC(=O)C1=C(C)NC(=O)N[C@H]1c1ccc(Br)cc1F. The molecule has 106 valence electrons. The van der Waals surface area contributed by atoms with Gasteiger partial charge in [0, 0.05) is 15.7 Å². The molecule has 2 N–H and O–H groups in total. The van der Waals surface area contributed by atoms with E-state index < -0.39 is 23.9 Å². The Balaban J connectivity index is 2.54. The number of halogens is 2. The van der Waals surface area contributed by atoms with Crippen LogP contribution < -0.4 is 10.6 Å². The van der Waals surface area contributed by atoms with Gasteiger partial charge in [-0.1, -0.05) is 22.0 Å². The number of nitrogens with one attached hydrogen (secondary N) is 2. The summed E-state index contributed by atoms with van der Waals surface area (Å²) in [5, 5.41) is 5.00. The molecule has 0 radical (unpaired) electrons. The molecular weight excluding hydrogens is 331 g/mol. The topological polar surface area (TPSA) is 67.4 Å². The summed E-state index contributed by atoms with van der Waals surface area (Å²) in [6.07, 6.45) is 0. The molecule has 2 amide bonds. The van der Waals surface area contributed by atoms with Crippen LogP contribution in [0.4, 0.5) is 9.18 Å². The van der Waals surface area contributed by atoms with Crippen LogP contribution in [-0.4, -0.2) is 19.1 Å². The van der Waals surface area contributed by atoms with E-state index in [0.717, 1.165) is 0 Å². The Labute approximate surface area is 123 Å². The minimum Gasteiger partial charge on any atom is -0.466 e. The summed E-state index contributed by atoms with van der Waals surface area (Å²) in [4.78, 5) is 23.4. The van der Waals surface area contributed by atoms with Gasteiger partial charge in [-0.2, -0.15) is 0 Å². The van der Waals surface area contributed by atoms with E-state index in [0.29, 0.717) is 10.2 Å². The lowest BCUT2D eigenvalue weighted by Crippen LogP contribution is -2.45. The zero-order valence-electron chi connectivity index (χ0n) is 10.8. The van der Waals surface area contributed by atoms with E-state index in [1.807, 2.05) is 0 Å². The van der Waals surface area contributed by atoms with E-state index in [1.54, 1.807) is 13.0 Å². The lowest BCUT2D eigenvalue weighted by Gasteiger charge is -2.28. The number of hydrogen-bond donors (Lipinski definition) is 2. The first-order valence-electron chi connectivity index (χ1n) is 5.75. The quantitative estimate of drug-likeness (QED) is 0.811. The number of esters is 1. The number of amides is 2. The summed E-state index contributed by atoms with van der Waals surface area (Å²) in [6, 6.07) is 3.03. The fourth-order valence-electron chi connectivity index (χ4n) is 2.04. The van der Waals surface area contributed by atoms with Crippen LogP contribution in [0, 0.1) is 5.82 Å². The van der Waals surface area contributed by atoms with Crippen LogP contribution in [0.1, 0.15) is 18.5 Å². The molecular formula is C13H12BrFN2O3. The van der Waals surface area contributed by atoms with Crippen molar-refractivity contribution in [3.63, 3.8) is 0 Å². The van der Waals surface area contributed by atoms with Crippen molar-refractivity contribution in [2.45, 2.75) is 13.0 Å². The van der Waals surface area contributed by atoms with Gasteiger partial charge in [0.2, 0.25) is 0 Å². The van der Waals surface area contributed by atoms with Gasteiger partial charge in [0.15, 0.2) is 0 Å². The molecule has 0 unspecified atom stereocenters. The Bertz CT molecular complexity index is 616. The Kier molecular flexibility index (Phi) is 4.08. The average Bonchev–Trinajstić information content (AvgIpc) is 2.37. The van der Waals surface area contributed by atoms with Crippen molar-refractivity contribution in [1.82, 2.24) is 10.6 Å². The van der Waals surface area contributed by atoms with Gasteiger partial charge in [0.1, 0.15) is 5.82 Å². The largest absolute Gasteiger partial charge is 0.466 e. The summed E-state index contributed by atoms with van der Waals surface area (Å²) in [7, 11) is 1.23. The molecule has 20 heavy (non-hydrogen) atoms. The second kappa shape index (κ2) is 5.62. The second-order valence-electron chi connectivity index (χ2n) is 4.23. The van der Waals surface area contributed by atoms with Gasteiger partial charge in [-0.25, -0.2) is 14.0 Å². The number of benzene rings is 1. The Morgan fingerprint density at radius 2 is 2.15 bits per heavy atom. The number of hydrogen-bond acceptors (Lipinski definition) is 3. The monoisotopic (exact) mass is 342 g/mol. The van der Waals surface area contributed by atoms with Crippen LogP contribution in [-0.2, 0) is 9.53 Å². The van der Waals surface area contributed by atoms with Crippen LogP contribution in [0.3, 0.4) is 0 Å². The van der Waals surface area contributed by atoms with Crippen LogP contribution in [0.2, 0.25) is 0 Å². The van der Waals surface area contributed by atoms with E-state index in [4.69, 9.17) is 4.74 Å². The number of carbonyl (C=O) groups is 2. The highest BCUT2D eigenvalue weighted by atomic mass is 79.9. The lowest BCUT2D eigenvalue weighted by atomic mass is 9.95. The summed E-state index contributed by atoms with van der Waals surface area (Å²) >= 11 is 3.16. The van der Waals surface area contributed by atoms with Crippen LogP contribution in [0.5, 0.6) is 0 Å². The fourth-order valence-corrected chi connectivity index (χ4v) is 2.38. The molecule has 0 bridgehead atoms.